The molecule has 2 aromatic rings. The summed E-state index contributed by atoms with van der Waals surface area (Å²) in [6.45, 7) is 9.34. The van der Waals surface area contributed by atoms with Crippen molar-refractivity contribution in [1.82, 2.24) is 25.5 Å². The molecule has 2 aromatic heterocycles. The number of aromatic nitrogens is 2. The van der Waals surface area contributed by atoms with Gasteiger partial charge in [0.25, 0.3) is 0 Å². The van der Waals surface area contributed by atoms with Gasteiger partial charge in [0.05, 0.1) is 0 Å². The van der Waals surface area contributed by atoms with Gasteiger partial charge in [-0.3, -0.25) is 9.89 Å². The molecule has 1 saturated heterocycles. The van der Waals surface area contributed by atoms with Crippen LogP contribution < -0.4 is 15.5 Å². The minimum atomic E-state index is 0. The van der Waals surface area contributed by atoms with Crippen molar-refractivity contribution >= 4 is 47.2 Å². The van der Waals surface area contributed by atoms with E-state index in [-0.39, 0.29) is 24.0 Å². The fraction of sp³-hybridized carbons (Fsp3) is 0.571. The number of rotatable bonds is 9. The highest BCUT2D eigenvalue weighted by atomic mass is 127. The van der Waals surface area contributed by atoms with Crippen LogP contribution in [0.15, 0.2) is 41.0 Å². The number of piperazine rings is 1. The van der Waals surface area contributed by atoms with Gasteiger partial charge in [-0.1, -0.05) is 13.0 Å². The first kappa shape index (κ1) is 24.8. The van der Waals surface area contributed by atoms with Gasteiger partial charge in [0.1, 0.15) is 0 Å². The summed E-state index contributed by atoms with van der Waals surface area (Å²) >= 11 is 1.83. The average molecular weight is 544 g/mol. The number of anilines is 1. The standard InChI is InChI=1S/C21H33N7S.HI/c1-18(16-19-6-3-15-29-19)17-26-20(22-2)23-9-5-10-27-11-13-28(14-12-27)21-24-7-4-8-25-21;/h3-4,6-8,15,18H,5,9-14,16-17H2,1-2H3,(H2,22,23,26);1H. The molecule has 0 aromatic carbocycles. The Morgan fingerprint density at radius 2 is 1.93 bits per heavy atom. The number of hydrogen-bond acceptors (Lipinski definition) is 6. The van der Waals surface area contributed by atoms with Crippen LogP contribution in [0.1, 0.15) is 18.2 Å². The van der Waals surface area contributed by atoms with Crippen molar-refractivity contribution in [2.24, 2.45) is 10.9 Å². The van der Waals surface area contributed by atoms with E-state index >= 15 is 0 Å². The molecular formula is C21H34IN7S. The summed E-state index contributed by atoms with van der Waals surface area (Å²) in [7, 11) is 1.84. The molecule has 30 heavy (non-hydrogen) atoms. The molecule has 1 aliphatic heterocycles. The highest BCUT2D eigenvalue weighted by Gasteiger charge is 2.18. The molecule has 7 nitrogen and oxygen atoms in total. The number of hydrogen-bond donors (Lipinski definition) is 2. The van der Waals surface area contributed by atoms with Gasteiger partial charge in [-0.15, -0.1) is 35.3 Å². The Kier molecular flexibility index (Phi) is 11.4. The molecule has 0 amide bonds. The van der Waals surface area contributed by atoms with Crippen molar-refractivity contribution in [3.63, 3.8) is 0 Å². The smallest absolute Gasteiger partial charge is 0.225 e. The Balaban J connectivity index is 0.00000320. The zero-order valence-electron chi connectivity index (χ0n) is 18.0. The largest absolute Gasteiger partial charge is 0.356 e. The van der Waals surface area contributed by atoms with Gasteiger partial charge in [-0.25, -0.2) is 9.97 Å². The Hall–Kier alpha value is -1.46. The van der Waals surface area contributed by atoms with Crippen LogP contribution >= 0.6 is 35.3 Å². The fourth-order valence-electron chi connectivity index (χ4n) is 3.47. The Morgan fingerprint density at radius 1 is 1.17 bits per heavy atom. The topological polar surface area (TPSA) is 68.7 Å². The Labute approximate surface area is 201 Å². The van der Waals surface area contributed by atoms with E-state index in [1.165, 1.54) is 4.88 Å². The molecule has 0 saturated carbocycles. The highest BCUT2D eigenvalue weighted by Crippen LogP contribution is 2.13. The molecular weight excluding hydrogens is 509 g/mol. The molecule has 0 spiro atoms. The first-order valence-corrected chi connectivity index (χ1v) is 11.3. The first-order chi connectivity index (χ1) is 14.2. The summed E-state index contributed by atoms with van der Waals surface area (Å²) in [5.41, 5.74) is 0. The average Bonchev–Trinajstić information content (AvgIpc) is 3.27. The minimum Gasteiger partial charge on any atom is -0.356 e. The van der Waals surface area contributed by atoms with E-state index in [0.717, 1.165) is 70.6 Å². The van der Waals surface area contributed by atoms with Crippen LogP contribution in [0, 0.1) is 5.92 Å². The van der Waals surface area contributed by atoms with E-state index in [1.54, 1.807) is 0 Å². The zero-order valence-corrected chi connectivity index (χ0v) is 21.1. The normalized spacial score (nSPS) is 16.1. The maximum atomic E-state index is 4.35. The van der Waals surface area contributed by atoms with Gasteiger partial charge in [0, 0.05) is 63.6 Å². The van der Waals surface area contributed by atoms with E-state index in [1.807, 2.05) is 36.8 Å². The van der Waals surface area contributed by atoms with Crippen LogP contribution in [0.2, 0.25) is 0 Å². The maximum Gasteiger partial charge on any atom is 0.225 e. The molecule has 166 valence electrons. The first-order valence-electron chi connectivity index (χ1n) is 10.5. The van der Waals surface area contributed by atoms with Crippen LogP contribution in [-0.2, 0) is 6.42 Å². The van der Waals surface area contributed by atoms with E-state index in [2.05, 4.69) is 59.8 Å². The van der Waals surface area contributed by atoms with Crippen LogP contribution in [0.5, 0.6) is 0 Å². The number of nitrogens with zero attached hydrogens (tertiary/aromatic N) is 5. The van der Waals surface area contributed by atoms with Gasteiger partial charge >= 0.3 is 0 Å². The van der Waals surface area contributed by atoms with Crippen molar-refractivity contribution in [2.45, 2.75) is 19.8 Å². The SMILES string of the molecule is CN=C(NCCCN1CCN(c2ncccn2)CC1)NCC(C)Cc1cccs1.I. The molecule has 1 aliphatic rings. The van der Waals surface area contributed by atoms with Crippen LogP contribution in [0.4, 0.5) is 5.95 Å². The fourth-order valence-corrected chi connectivity index (χ4v) is 4.34. The van der Waals surface area contributed by atoms with Crippen molar-refractivity contribution < 1.29 is 0 Å². The quantitative estimate of drug-likeness (QED) is 0.220. The summed E-state index contributed by atoms with van der Waals surface area (Å²) in [5.74, 6) is 2.32. The number of aliphatic imine (C=N–C) groups is 1. The van der Waals surface area contributed by atoms with Gasteiger partial charge in [0.2, 0.25) is 5.95 Å². The van der Waals surface area contributed by atoms with Gasteiger partial charge < -0.3 is 15.5 Å². The third kappa shape index (κ3) is 8.35. The van der Waals surface area contributed by atoms with Crippen LogP contribution in [0.3, 0.4) is 0 Å². The van der Waals surface area contributed by atoms with E-state index in [4.69, 9.17) is 0 Å². The number of halogens is 1. The number of thiophene rings is 1. The summed E-state index contributed by atoms with van der Waals surface area (Å²) in [6.07, 6.45) is 5.84. The van der Waals surface area contributed by atoms with Crippen molar-refractivity contribution in [3.8, 4) is 0 Å². The third-order valence-electron chi connectivity index (χ3n) is 5.12. The van der Waals surface area contributed by atoms with Gasteiger partial charge in [-0.05, 0) is 42.8 Å². The minimum absolute atomic E-state index is 0. The van der Waals surface area contributed by atoms with Gasteiger partial charge in [-0.2, -0.15) is 0 Å². The number of nitrogens with one attached hydrogen (secondary N) is 2. The molecule has 3 heterocycles. The molecule has 1 atom stereocenters. The van der Waals surface area contributed by atoms with Gasteiger partial charge in [0.15, 0.2) is 5.96 Å². The Bertz CT molecular complexity index is 718. The van der Waals surface area contributed by atoms with Crippen molar-refractivity contribution in [1.29, 1.82) is 0 Å². The second-order valence-electron chi connectivity index (χ2n) is 7.50. The predicted molar refractivity (Wildman–Crippen MR) is 137 cm³/mol. The summed E-state index contributed by atoms with van der Waals surface area (Å²) in [4.78, 5) is 19.3. The van der Waals surface area contributed by atoms with Crippen LogP contribution in [-0.4, -0.2) is 73.7 Å². The molecule has 0 aliphatic carbocycles. The lowest BCUT2D eigenvalue weighted by atomic mass is 10.1. The molecule has 1 fully saturated rings. The molecule has 3 rings (SSSR count). The second-order valence-corrected chi connectivity index (χ2v) is 8.53. The Morgan fingerprint density at radius 3 is 2.60 bits per heavy atom. The second kappa shape index (κ2) is 13.8. The molecule has 9 heteroatoms. The molecule has 1 unspecified atom stereocenters. The monoisotopic (exact) mass is 543 g/mol. The predicted octanol–water partition coefficient (Wildman–Crippen LogP) is 2.71. The van der Waals surface area contributed by atoms with Crippen molar-refractivity contribution in [2.75, 3.05) is 57.8 Å². The maximum absolute atomic E-state index is 4.35. The lowest BCUT2D eigenvalue weighted by molar-refractivity contribution is 0.254. The molecule has 2 N–H and O–H groups in total. The lowest BCUT2D eigenvalue weighted by Crippen LogP contribution is -2.47. The molecule has 0 radical (unpaired) electrons. The van der Waals surface area contributed by atoms with Crippen molar-refractivity contribution in [3.05, 3.63) is 40.8 Å². The summed E-state index contributed by atoms with van der Waals surface area (Å²) in [6, 6.07) is 6.19. The lowest BCUT2D eigenvalue weighted by Gasteiger charge is -2.34. The van der Waals surface area contributed by atoms with E-state index < -0.39 is 0 Å². The number of guanidine groups is 1. The van der Waals surface area contributed by atoms with Crippen LogP contribution in [0.25, 0.3) is 0 Å². The summed E-state index contributed by atoms with van der Waals surface area (Å²) < 4.78 is 0. The summed E-state index contributed by atoms with van der Waals surface area (Å²) in [5, 5.41) is 9.04. The third-order valence-corrected chi connectivity index (χ3v) is 6.02. The zero-order chi connectivity index (χ0) is 20.3. The highest BCUT2D eigenvalue weighted by molar-refractivity contribution is 14.0. The van der Waals surface area contributed by atoms with E-state index in [9.17, 15) is 0 Å². The molecule has 0 bridgehead atoms. The van der Waals surface area contributed by atoms with E-state index in [0.29, 0.717) is 5.92 Å².